The van der Waals surface area contributed by atoms with E-state index in [0.29, 0.717) is 5.92 Å². The van der Waals surface area contributed by atoms with Gasteiger partial charge in [0.05, 0.1) is 0 Å². The monoisotopic (exact) mass is 269 g/mol. The summed E-state index contributed by atoms with van der Waals surface area (Å²) in [6, 6.07) is 14.3. The number of hydrogen-bond acceptors (Lipinski definition) is 2. The lowest BCUT2D eigenvalue weighted by atomic mass is 10.0. The minimum Gasteiger partial charge on any atom is -0.457 e. The summed E-state index contributed by atoms with van der Waals surface area (Å²) in [5, 5.41) is 0. The van der Waals surface area contributed by atoms with Gasteiger partial charge in [0.2, 0.25) is 0 Å². The highest BCUT2D eigenvalue weighted by atomic mass is 16.5. The van der Waals surface area contributed by atoms with Crippen molar-refractivity contribution in [3.63, 3.8) is 0 Å². The largest absolute Gasteiger partial charge is 0.457 e. The SMILES string of the molecule is Cc1ccc(C(C)C)c(Oc2ccccc2[C@@H](C)N)c1. The van der Waals surface area contributed by atoms with Gasteiger partial charge in [-0.2, -0.15) is 0 Å². The predicted octanol–water partition coefficient (Wildman–Crippen LogP) is 4.93. The molecule has 0 aliphatic rings. The molecule has 0 heterocycles. The molecule has 0 saturated carbocycles. The summed E-state index contributed by atoms with van der Waals surface area (Å²) < 4.78 is 6.16. The lowest BCUT2D eigenvalue weighted by Gasteiger charge is -2.18. The summed E-state index contributed by atoms with van der Waals surface area (Å²) in [6.07, 6.45) is 0. The van der Waals surface area contributed by atoms with Crippen LogP contribution in [0.1, 0.15) is 49.4 Å². The molecule has 2 nitrogen and oxygen atoms in total. The molecule has 0 unspecified atom stereocenters. The Morgan fingerprint density at radius 2 is 1.60 bits per heavy atom. The van der Waals surface area contributed by atoms with E-state index in [0.717, 1.165) is 17.1 Å². The molecule has 0 saturated heterocycles. The van der Waals surface area contributed by atoms with Gasteiger partial charge in [0.15, 0.2) is 0 Å². The van der Waals surface area contributed by atoms with Gasteiger partial charge in [0.1, 0.15) is 11.5 Å². The summed E-state index contributed by atoms with van der Waals surface area (Å²) in [6.45, 7) is 8.40. The maximum Gasteiger partial charge on any atom is 0.132 e. The van der Waals surface area contributed by atoms with E-state index >= 15 is 0 Å². The van der Waals surface area contributed by atoms with Gasteiger partial charge < -0.3 is 10.5 Å². The van der Waals surface area contributed by atoms with Crippen LogP contribution in [0.2, 0.25) is 0 Å². The average molecular weight is 269 g/mol. The fourth-order valence-electron chi connectivity index (χ4n) is 2.28. The van der Waals surface area contributed by atoms with Crippen molar-refractivity contribution in [2.24, 2.45) is 5.73 Å². The van der Waals surface area contributed by atoms with E-state index in [2.05, 4.69) is 39.0 Å². The van der Waals surface area contributed by atoms with Crippen molar-refractivity contribution in [1.82, 2.24) is 0 Å². The Morgan fingerprint density at radius 1 is 0.900 bits per heavy atom. The molecule has 106 valence electrons. The minimum absolute atomic E-state index is 0.0430. The molecule has 0 aliphatic heterocycles. The molecule has 20 heavy (non-hydrogen) atoms. The lowest BCUT2D eigenvalue weighted by Crippen LogP contribution is -2.07. The van der Waals surface area contributed by atoms with Crippen LogP contribution in [0.15, 0.2) is 42.5 Å². The standard InChI is InChI=1S/C18H23NO/c1-12(2)15-10-9-13(3)11-18(15)20-17-8-6-5-7-16(17)14(4)19/h5-12,14H,19H2,1-4H3/t14-/m1/s1. The van der Waals surface area contributed by atoms with Crippen LogP contribution in [-0.4, -0.2) is 0 Å². The van der Waals surface area contributed by atoms with Gasteiger partial charge in [-0.1, -0.05) is 44.2 Å². The highest BCUT2D eigenvalue weighted by molar-refractivity contribution is 5.45. The number of para-hydroxylation sites is 1. The second-order valence-corrected chi connectivity index (χ2v) is 5.62. The van der Waals surface area contributed by atoms with Crippen LogP contribution in [0.3, 0.4) is 0 Å². The summed E-state index contributed by atoms with van der Waals surface area (Å²) in [5.41, 5.74) is 9.46. The summed E-state index contributed by atoms with van der Waals surface area (Å²) in [4.78, 5) is 0. The van der Waals surface area contributed by atoms with Gasteiger partial charge in [0.25, 0.3) is 0 Å². The topological polar surface area (TPSA) is 35.2 Å². The summed E-state index contributed by atoms with van der Waals surface area (Å²) in [7, 11) is 0. The first-order chi connectivity index (χ1) is 9.49. The van der Waals surface area contributed by atoms with E-state index in [1.165, 1.54) is 11.1 Å². The van der Waals surface area contributed by atoms with E-state index in [1.54, 1.807) is 0 Å². The number of benzene rings is 2. The molecular formula is C18H23NO. The van der Waals surface area contributed by atoms with E-state index in [-0.39, 0.29) is 6.04 Å². The van der Waals surface area contributed by atoms with Gasteiger partial charge in [0, 0.05) is 11.6 Å². The van der Waals surface area contributed by atoms with Crippen molar-refractivity contribution in [2.75, 3.05) is 0 Å². The zero-order valence-corrected chi connectivity index (χ0v) is 12.7. The molecule has 0 aliphatic carbocycles. The maximum atomic E-state index is 6.16. The molecule has 2 aromatic rings. The fourth-order valence-corrected chi connectivity index (χ4v) is 2.28. The first-order valence-corrected chi connectivity index (χ1v) is 7.12. The van der Waals surface area contributed by atoms with Gasteiger partial charge in [-0.05, 0) is 43.0 Å². The van der Waals surface area contributed by atoms with Crippen molar-refractivity contribution >= 4 is 0 Å². The maximum absolute atomic E-state index is 6.16. The number of aryl methyl sites for hydroxylation is 1. The first kappa shape index (κ1) is 14.6. The predicted molar refractivity (Wildman–Crippen MR) is 84.4 cm³/mol. The average Bonchev–Trinajstić information content (AvgIpc) is 2.38. The van der Waals surface area contributed by atoms with Crippen LogP contribution in [0, 0.1) is 6.92 Å². The van der Waals surface area contributed by atoms with Crippen LogP contribution in [0.4, 0.5) is 0 Å². The third-order valence-corrected chi connectivity index (χ3v) is 3.42. The van der Waals surface area contributed by atoms with Crippen LogP contribution in [0.5, 0.6) is 11.5 Å². The first-order valence-electron chi connectivity index (χ1n) is 7.12. The molecule has 1 atom stereocenters. The molecule has 2 rings (SSSR count). The van der Waals surface area contributed by atoms with Gasteiger partial charge in [-0.15, -0.1) is 0 Å². The smallest absolute Gasteiger partial charge is 0.132 e. The molecule has 0 aromatic heterocycles. The number of hydrogen-bond donors (Lipinski definition) is 1. The summed E-state index contributed by atoms with van der Waals surface area (Å²) >= 11 is 0. The molecule has 2 aromatic carbocycles. The molecule has 2 heteroatoms. The second-order valence-electron chi connectivity index (χ2n) is 5.62. The van der Waals surface area contributed by atoms with Crippen molar-refractivity contribution in [2.45, 2.75) is 39.7 Å². The van der Waals surface area contributed by atoms with Crippen molar-refractivity contribution < 1.29 is 4.74 Å². The Morgan fingerprint density at radius 3 is 2.25 bits per heavy atom. The van der Waals surface area contributed by atoms with Crippen molar-refractivity contribution in [1.29, 1.82) is 0 Å². The minimum atomic E-state index is -0.0430. The molecule has 2 N–H and O–H groups in total. The number of nitrogens with two attached hydrogens (primary N) is 1. The summed E-state index contributed by atoms with van der Waals surface area (Å²) in [5.74, 6) is 2.19. The van der Waals surface area contributed by atoms with E-state index < -0.39 is 0 Å². The highest BCUT2D eigenvalue weighted by Gasteiger charge is 2.12. The molecule has 0 radical (unpaired) electrons. The zero-order chi connectivity index (χ0) is 14.7. The third-order valence-electron chi connectivity index (χ3n) is 3.42. The van der Waals surface area contributed by atoms with Gasteiger partial charge in [-0.3, -0.25) is 0 Å². The van der Waals surface area contributed by atoms with Gasteiger partial charge in [-0.25, -0.2) is 0 Å². The Labute approximate surface area is 121 Å². The highest BCUT2D eigenvalue weighted by Crippen LogP contribution is 2.34. The van der Waals surface area contributed by atoms with Crippen molar-refractivity contribution in [3.05, 3.63) is 59.2 Å². The normalized spacial score (nSPS) is 12.5. The third kappa shape index (κ3) is 3.20. The van der Waals surface area contributed by atoms with Crippen LogP contribution in [-0.2, 0) is 0 Å². The van der Waals surface area contributed by atoms with E-state index in [1.807, 2.05) is 31.2 Å². The van der Waals surface area contributed by atoms with E-state index in [9.17, 15) is 0 Å². The Balaban J connectivity index is 2.42. The Bertz CT molecular complexity index is 588. The lowest BCUT2D eigenvalue weighted by molar-refractivity contribution is 0.463. The Hall–Kier alpha value is -1.80. The number of rotatable bonds is 4. The molecule has 0 bridgehead atoms. The zero-order valence-electron chi connectivity index (χ0n) is 12.7. The molecule has 0 amide bonds. The Kier molecular flexibility index (Phi) is 4.46. The number of ether oxygens (including phenoxy) is 1. The molecule has 0 fully saturated rings. The van der Waals surface area contributed by atoms with Crippen LogP contribution < -0.4 is 10.5 Å². The molecular weight excluding hydrogens is 246 g/mol. The molecule has 0 spiro atoms. The van der Waals surface area contributed by atoms with E-state index in [4.69, 9.17) is 10.5 Å². The van der Waals surface area contributed by atoms with Crippen LogP contribution in [0.25, 0.3) is 0 Å². The van der Waals surface area contributed by atoms with Crippen molar-refractivity contribution in [3.8, 4) is 11.5 Å². The second kappa shape index (κ2) is 6.10. The quantitative estimate of drug-likeness (QED) is 0.854. The fraction of sp³-hybridized carbons (Fsp3) is 0.333. The van der Waals surface area contributed by atoms with Gasteiger partial charge >= 0.3 is 0 Å². The van der Waals surface area contributed by atoms with Crippen LogP contribution >= 0.6 is 0 Å².